The minimum atomic E-state index is -0.0350. The van der Waals surface area contributed by atoms with Crippen molar-refractivity contribution in [3.05, 3.63) is 54.6 Å². The van der Waals surface area contributed by atoms with Gasteiger partial charge >= 0.3 is 0 Å². The van der Waals surface area contributed by atoms with Gasteiger partial charge in [-0.1, -0.05) is 0 Å². The summed E-state index contributed by atoms with van der Waals surface area (Å²) in [4.78, 5) is 28.2. The third-order valence-electron chi connectivity index (χ3n) is 6.39. The Labute approximate surface area is 211 Å². The number of nitrogens with zero attached hydrogens (tertiary/aromatic N) is 6. The Bertz CT molecular complexity index is 1550. The summed E-state index contributed by atoms with van der Waals surface area (Å²) in [7, 11) is 1.88. The first-order chi connectivity index (χ1) is 17.6. The molecule has 1 aliphatic rings. The fraction of sp³-hybridized carbons (Fsp3) is 0.269. The number of likely N-dealkylation sites (tertiary alicyclic amines) is 1. The second-order valence-corrected chi connectivity index (χ2v) is 9.77. The number of aryl methyl sites for hydroxylation is 1. The minimum absolute atomic E-state index is 0.00311. The molecule has 182 valence electrons. The SMILES string of the molecule is Cn1cc(-c2cc(OCC(=O)N3CCCCC3)c3c(Nc4ccc5ncsc5c4)ncnc3c2)cn1. The van der Waals surface area contributed by atoms with Crippen molar-refractivity contribution in [3.8, 4) is 16.9 Å². The van der Waals surface area contributed by atoms with E-state index in [1.165, 1.54) is 12.7 Å². The number of rotatable bonds is 6. The lowest BCUT2D eigenvalue weighted by molar-refractivity contribution is -0.134. The molecule has 3 aromatic heterocycles. The highest BCUT2D eigenvalue weighted by atomic mass is 32.1. The number of aromatic nitrogens is 5. The molecule has 1 amide bonds. The molecule has 0 radical (unpaired) electrons. The number of amides is 1. The molecule has 10 heteroatoms. The quantitative estimate of drug-likeness (QED) is 0.359. The number of piperidine rings is 1. The standard InChI is InChI=1S/C26H25N7O2S/c1-32-13-18(12-30-32)17-9-21-25(22(10-17)35-14-24(34)33-7-3-2-4-8-33)26(28-15-27-21)31-19-5-6-20-23(11-19)36-16-29-20/h5-6,9-13,15-16H,2-4,7-8,14H2,1H3,(H,27,28,31). The lowest BCUT2D eigenvalue weighted by Crippen LogP contribution is -2.38. The van der Waals surface area contributed by atoms with E-state index in [-0.39, 0.29) is 12.5 Å². The van der Waals surface area contributed by atoms with Gasteiger partial charge in [0.05, 0.1) is 32.8 Å². The van der Waals surface area contributed by atoms with Crippen LogP contribution in [0.1, 0.15) is 19.3 Å². The van der Waals surface area contributed by atoms with Crippen LogP contribution in [-0.4, -0.2) is 55.2 Å². The Morgan fingerprint density at radius 3 is 2.78 bits per heavy atom. The zero-order valence-corrected chi connectivity index (χ0v) is 20.7. The number of hydrogen-bond donors (Lipinski definition) is 1. The van der Waals surface area contributed by atoms with Crippen LogP contribution in [0.2, 0.25) is 0 Å². The molecule has 1 aliphatic heterocycles. The molecule has 6 rings (SSSR count). The third kappa shape index (κ3) is 4.47. The van der Waals surface area contributed by atoms with Gasteiger partial charge in [0, 0.05) is 37.6 Å². The van der Waals surface area contributed by atoms with Crippen molar-refractivity contribution in [1.29, 1.82) is 0 Å². The molecule has 36 heavy (non-hydrogen) atoms. The second-order valence-electron chi connectivity index (χ2n) is 8.88. The first-order valence-electron chi connectivity index (χ1n) is 11.9. The van der Waals surface area contributed by atoms with Crippen LogP contribution >= 0.6 is 11.3 Å². The lowest BCUT2D eigenvalue weighted by atomic mass is 10.1. The summed E-state index contributed by atoms with van der Waals surface area (Å²) in [6.07, 6.45) is 8.52. The number of carbonyl (C=O) groups excluding carboxylic acids is 1. The molecular formula is C26H25N7O2S. The maximum atomic E-state index is 12.9. The second kappa shape index (κ2) is 9.54. The number of ether oxygens (including phenoxy) is 1. The molecular weight excluding hydrogens is 474 g/mol. The minimum Gasteiger partial charge on any atom is -0.483 e. The van der Waals surface area contributed by atoms with Gasteiger partial charge < -0.3 is 15.0 Å². The molecule has 0 atom stereocenters. The Kier molecular flexibility index (Phi) is 5.94. The average Bonchev–Trinajstić information content (AvgIpc) is 3.56. The number of hydrogen-bond acceptors (Lipinski definition) is 8. The number of anilines is 2. The van der Waals surface area contributed by atoms with Gasteiger partial charge in [0.15, 0.2) is 6.61 Å². The van der Waals surface area contributed by atoms with Crippen LogP contribution < -0.4 is 10.1 Å². The van der Waals surface area contributed by atoms with E-state index < -0.39 is 0 Å². The molecule has 0 aliphatic carbocycles. The average molecular weight is 500 g/mol. The van der Waals surface area contributed by atoms with Crippen molar-refractivity contribution in [2.75, 3.05) is 25.0 Å². The Morgan fingerprint density at radius 2 is 1.94 bits per heavy atom. The van der Waals surface area contributed by atoms with Gasteiger partial charge in [0.1, 0.15) is 17.9 Å². The molecule has 0 spiro atoms. The topological polar surface area (TPSA) is 98.1 Å². The van der Waals surface area contributed by atoms with E-state index in [0.29, 0.717) is 17.1 Å². The Balaban J connectivity index is 1.38. The van der Waals surface area contributed by atoms with Gasteiger partial charge in [-0.3, -0.25) is 9.48 Å². The molecule has 9 nitrogen and oxygen atoms in total. The van der Waals surface area contributed by atoms with E-state index in [0.717, 1.165) is 58.3 Å². The monoisotopic (exact) mass is 499 g/mol. The van der Waals surface area contributed by atoms with Crippen molar-refractivity contribution in [3.63, 3.8) is 0 Å². The third-order valence-corrected chi connectivity index (χ3v) is 7.19. The van der Waals surface area contributed by atoms with E-state index in [4.69, 9.17) is 4.74 Å². The van der Waals surface area contributed by atoms with E-state index in [1.807, 2.05) is 54.0 Å². The summed E-state index contributed by atoms with van der Waals surface area (Å²) in [5.41, 5.74) is 6.24. The molecule has 1 fully saturated rings. The predicted octanol–water partition coefficient (Wildman–Crippen LogP) is 4.77. The van der Waals surface area contributed by atoms with Gasteiger partial charge in [-0.05, 0) is 55.2 Å². The first kappa shape index (κ1) is 22.4. The highest BCUT2D eigenvalue weighted by molar-refractivity contribution is 7.16. The van der Waals surface area contributed by atoms with Crippen LogP contribution in [0.4, 0.5) is 11.5 Å². The highest BCUT2D eigenvalue weighted by Gasteiger charge is 2.19. The normalized spacial score (nSPS) is 13.9. The molecule has 1 N–H and O–H groups in total. The number of fused-ring (bicyclic) bond motifs is 2. The van der Waals surface area contributed by atoms with Crippen LogP contribution in [0.15, 0.2) is 54.6 Å². The van der Waals surface area contributed by atoms with Crippen LogP contribution in [0.5, 0.6) is 5.75 Å². The van der Waals surface area contributed by atoms with E-state index in [2.05, 4.69) is 25.4 Å². The summed E-state index contributed by atoms with van der Waals surface area (Å²) >= 11 is 1.59. The van der Waals surface area contributed by atoms with Crippen molar-refractivity contribution in [2.45, 2.75) is 19.3 Å². The van der Waals surface area contributed by atoms with Crippen molar-refractivity contribution in [2.24, 2.45) is 7.05 Å². The Hall–Kier alpha value is -4.05. The maximum Gasteiger partial charge on any atom is 0.260 e. The molecule has 4 heterocycles. The highest BCUT2D eigenvalue weighted by Crippen LogP contribution is 2.36. The number of nitrogens with one attached hydrogen (secondary N) is 1. The molecule has 0 bridgehead atoms. The lowest BCUT2D eigenvalue weighted by Gasteiger charge is -2.26. The van der Waals surface area contributed by atoms with Crippen molar-refractivity contribution >= 4 is 49.9 Å². The fourth-order valence-corrected chi connectivity index (χ4v) is 5.26. The van der Waals surface area contributed by atoms with Gasteiger partial charge in [-0.15, -0.1) is 11.3 Å². The summed E-state index contributed by atoms with van der Waals surface area (Å²) in [5, 5.41) is 8.44. The summed E-state index contributed by atoms with van der Waals surface area (Å²) in [6, 6.07) is 9.92. The molecule has 5 aromatic rings. The number of benzene rings is 2. The zero-order valence-electron chi connectivity index (χ0n) is 19.8. The van der Waals surface area contributed by atoms with E-state index >= 15 is 0 Å². The maximum absolute atomic E-state index is 12.9. The first-order valence-corrected chi connectivity index (χ1v) is 12.8. The van der Waals surface area contributed by atoms with Crippen LogP contribution in [-0.2, 0) is 11.8 Å². The summed E-state index contributed by atoms with van der Waals surface area (Å²) < 4.78 is 9.03. The van der Waals surface area contributed by atoms with Crippen LogP contribution in [0.25, 0.3) is 32.2 Å². The zero-order chi connectivity index (χ0) is 24.5. The molecule has 1 saturated heterocycles. The van der Waals surface area contributed by atoms with E-state index in [9.17, 15) is 4.79 Å². The molecule has 2 aromatic carbocycles. The van der Waals surface area contributed by atoms with Crippen LogP contribution in [0, 0.1) is 0 Å². The molecule has 0 saturated carbocycles. The summed E-state index contributed by atoms with van der Waals surface area (Å²) in [5.74, 6) is 1.16. The van der Waals surface area contributed by atoms with Crippen molar-refractivity contribution in [1.82, 2.24) is 29.6 Å². The van der Waals surface area contributed by atoms with Gasteiger partial charge in [-0.2, -0.15) is 5.10 Å². The van der Waals surface area contributed by atoms with Gasteiger partial charge in [0.2, 0.25) is 0 Å². The number of carbonyl (C=O) groups is 1. The fourth-order valence-electron chi connectivity index (χ4n) is 4.54. The van der Waals surface area contributed by atoms with Crippen LogP contribution in [0.3, 0.4) is 0 Å². The summed E-state index contributed by atoms with van der Waals surface area (Å²) in [6.45, 7) is 1.54. The van der Waals surface area contributed by atoms with Crippen molar-refractivity contribution < 1.29 is 9.53 Å². The van der Waals surface area contributed by atoms with E-state index in [1.54, 1.807) is 22.2 Å². The smallest absolute Gasteiger partial charge is 0.260 e. The molecule has 0 unspecified atom stereocenters. The predicted molar refractivity (Wildman–Crippen MR) is 141 cm³/mol. The largest absolute Gasteiger partial charge is 0.483 e. The number of thiazole rings is 1. The van der Waals surface area contributed by atoms with Gasteiger partial charge in [-0.25, -0.2) is 15.0 Å². The van der Waals surface area contributed by atoms with Gasteiger partial charge in [0.25, 0.3) is 5.91 Å². The Morgan fingerprint density at radius 1 is 1.06 bits per heavy atom.